The van der Waals surface area contributed by atoms with Gasteiger partial charge in [-0.1, -0.05) is 12.1 Å². The Balaban J connectivity index is 1.78. The summed E-state index contributed by atoms with van der Waals surface area (Å²) in [7, 11) is 0. The van der Waals surface area contributed by atoms with E-state index >= 15 is 0 Å². The van der Waals surface area contributed by atoms with Crippen molar-refractivity contribution in [2.45, 2.75) is 32.0 Å². The first kappa shape index (κ1) is 14.1. The SMILES string of the molecule is Fc1ccc(CN(Cc2cccnc2)C2CC2)c(F)c1F. The highest BCUT2D eigenvalue weighted by atomic mass is 19.2. The fraction of sp³-hybridized carbons (Fsp3) is 0.312. The van der Waals surface area contributed by atoms with Gasteiger partial charge in [0.05, 0.1) is 0 Å². The van der Waals surface area contributed by atoms with Crippen LogP contribution in [0.25, 0.3) is 0 Å². The quantitative estimate of drug-likeness (QED) is 0.782. The molecule has 5 heteroatoms. The van der Waals surface area contributed by atoms with E-state index in [0.717, 1.165) is 24.5 Å². The van der Waals surface area contributed by atoms with Crippen molar-refractivity contribution < 1.29 is 13.2 Å². The smallest absolute Gasteiger partial charge is 0.194 e. The lowest BCUT2D eigenvalue weighted by Gasteiger charge is -2.22. The minimum atomic E-state index is -1.40. The molecule has 0 N–H and O–H groups in total. The topological polar surface area (TPSA) is 16.1 Å². The molecule has 0 unspecified atom stereocenters. The Hall–Kier alpha value is -1.88. The number of hydrogen-bond donors (Lipinski definition) is 0. The van der Waals surface area contributed by atoms with Crippen molar-refractivity contribution in [3.8, 4) is 0 Å². The van der Waals surface area contributed by atoms with Gasteiger partial charge in [-0.3, -0.25) is 9.88 Å². The molecule has 1 aliphatic rings. The van der Waals surface area contributed by atoms with E-state index in [-0.39, 0.29) is 12.1 Å². The van der Waals surface area contributed by atoms with E-state index < -0.39 is 17.5 Å². The van der Waals surface area contributed by atoms with E-state index in [2.05, 4.69) is 9.88 Å². The maximum Gasteiger partial charge on any atom is 0.194 e. The molecule has 2 aromatic rings. The van der Waals surface area contributed by atoms with E-state index in [1.54, 1.807) is 12.4 Å². The van der Waals surface area contributed by atoms with Crippen LogP contribution in [0.15, 0.2) is 36.7 Å². The lowest BCUT2D eigenvalue weighted by atomic mass is 10.1. The average molecular weight is 292 g/mol. The van der Waals surface area contributed by atoms with Crippen LogP contribution >= 0.6 is 0 Å². The lowest BCUT2D eigenvalue weighted by molar-refractivity contribution is 0.240. The zero-order chi connectivity index (χ0) is 14.8. The van der Waals surface area contributed by atoms with Crippen molar-refractivity contribution in [3.63, 3.8) is 0 Å². The van der Waals surface area contributed by atoms with Gasteiger partial charge in [0.1, 0.15) is 0 Å². The highest BCUT2D eigenvalue weighted by Crippen LogP contribution is 2.30. The van der Waals surface area contributed by atoms with Gasteiger partial charge < -0.3 is 0 Å². The molecule has 0 bridgehead atoms. The number of benzene rings is 1. The molecule has 1 aromatic carbocycles. The number of pyridine rings is 1. The van der Waals surface area contributed by atoms with Gasteiger partial charge in [-0.2, -0.15) is 0 Å². The molecule has 1 aliphatic carbocycles. The monoisotopic (exact) mass is 292 g/mol. The Kier molecular flexibility index (Phi) is 3.92. The van der Waals surface area contributed by atoms with Gasteiger partial charge in [0.15, 0.2) is 17.5 Å². The van der Waals surface area contributed by atoms with Crippen LogP contribution in [0.5, 0.6) is 0 Å². The summed E-state index contributed by atoms with van der Waals surface area (Å²) in [5, 5.41) is 0. The first-order valence-electron chi connectivity index (χ1n) is 6.90. The molecule has 1 heterocycles. The lowest BCUT2D eigenvalue weighted by Crippen LogP contribution is -2.25. The summed E-state index contributed by atoms with van der Waals surface area (Å²) in [6.07, 6.45) is 5.55. The third-order valence-electron chi connectivity index (χ3n) is 3.66. The normalized spacial score (nSPS) is 14.7. The first-order chi connectivity index (χ1) is 10.1. The third kappa shape index (κ3) is 3.24. The van der Waals surface area contributed by atoms with Crippen LogP contribution < -0.4 is 0 Å². The van der Waals surface area contributed by atoms with Crippen LogP contribution in [0, 0.1) is 17.5 Å². The zero-order valence-electron chi connectivity index (χ0n) is 11.4. The highest BCUT2D eigenvalue weighted by molar-refractivity contribution is 5.21. The second-order valence-electron chi connectivity index (χ2n) is 5.33. The number of hydrogen-bond acceptors (Lipinski definition) is 2. The van der Waals surface area contributed by atoms with E-state index in [0.29, 0.717) is 12.6 Å². The summed E-state index contributed by atoms with van der Waals surface area (Å²) < 4.78 is 40.1. The number of nitrogens with zero attached hydrogens (tertiary/aromatic N) is 2. The van der Waals surface area contributed by atoms with Crippen molar-refractivity contribution in [1.29, 1.82) is 0 Å². The molecule has 0 atom stereocenters. The summed E-state index contributed by atoms with van der Waals surface area (Å²) in [6.45, 7) is 0.888. The van der Waals surface area contributed by atoms with Gasteiger partial charge in [0, 0.05) is 37.1 Å². The van der Waals surface area contributed by atoms with E-state index in [1.165, 1.54) is 6.07 Å². The van der Waals surface area contributed by atoms with Gasteiger partial charge in [0.25, 0.3) is 0 Å². The second kappa shape index (κ2) is 5.85. The van der Waals surface area contributed by atoms with Crippen molar-refractivity contribution in [2.24, 2.45) is 0 Å². The van der Waals surface area contributed by atoms with Crippen LogP contribution in [0.2, 0.25) is 0 Å². The molecular formula is C16H15F3N2. The molecule has 0 amide bonds. The molecule has 2 nitrogen and oxygen atoms in total. The van der Waals surface area contributed by atoms with Gasteiger partial charge in [-0.05, 0) is 30.5 Å². The number of halogens is 3. The summed E-state index contributed by atoms with van der Waals surface area (Å²) in [5.74, 6) is -3.64. The molecule has 1 saturated carbocycles. The largest absolute Gasteiger partial charge is 0.292 e. The average Bonchev–Trinajstić information content (AvgIpc) is 3.33. The van der Waals surface area contributed by atoms with Gasteiger partial charge in [-0.25, -0.2) is 13.2 Å². The predicted molar refractivity (Wildman–Crippen MR) is 72.8 cm³/mol. The van der Waals surface area contributed by atoms with Gasteiger partial charge in [0.2, 0.25) is 0 Å². The van der Waals surface area contributed by atoms with Crippen molar-refractivity contribution >= 4 is 0 Å². The Bertz CT molecular complexity index is 627. The maximum absolute atomic E-state index is 13.8. The highest BCUT2D eigenvalue weighted by Gasteiger charge is 2.30. The number of rotatable bonds is 5. The second-order valence-corrected chi connectivity index (χ2v) is 5.33. The first-order valence-corrected chi connectivity index (χ1v) is 6.90. The van der Waals surface area contributed by atoms with E-state index in [4.69, 9.17) is 0 Å². The molecule has 3 rings (SSSR count). The Labute approximate surface area is 121 Å². The molecule has 1 fully saturated rings. The fourth-order valence-electron chi connectivity index (χ4n) is 2.39. The van der Waals surface area contributed by atoms with E-state index in [9.17, 15) is 13.2 Å². The minimum Gasteiger partial charge on any atom is -0.292 e. The van der Waals surface area contributed by atoms with E-state index in [1.807, 2.05) is 12.1 Å². The molecule has 0 saturated heterocycles. The summed E-state index contributed by atoms with van der Waals surface area (Å²) in [5.41, 5.74) is 1.21. The summed E-state index contributed by atoms with van der Waals surface area (Å²) >= 11 is 0. The molecule has 1 aromatic heterocycles. The Morgan fingerprint density at radius 2 is 1.86 bits per heavy atom. The molecular weight excluding hydrogens is 277 g/mol. The van der Waals surface area contributed by atoms with Crippen LogP contribution in [-0.4, -0.2) is 15.9 Å². The fourth-order valence-corrected chi connectivity index (χ4v) is 2.39. The molecule has 21 heavy (non-hydrogen) atoms. The van der Waals surface area contributed by atoms with Crippen LogP contribution in [0.3, 0.4) is 0 Å². The minimum absolute atomic E-state index is 0.185. The van der Waals surface area contributed by atoms with Gasteiger partial charge >= 0.3 is 0 Å². The summed E-state index contributed by atoms with van der Waals surface area (Å²) in [4.78, 5) is 6.13. The number of aromatic nitrogens is 1. The van der Waals surface area contributed by atoms with Crippen molar-refractivity contribution in [3.05, 3.63) is 65.2 Å². The Morgan fingerprint density at radius 3 is 2.52 bits per heavy atom. The zero-order valence-corrected chi connectivity index (χ0v) is 11.4. The molecule has 0 spiro atoms. The molecule has 0 radical (unpaired) electrons. The van der Waals surface area contributed by atoms with Crippen LogP contribution in [0.1, 0.15) is 24.0 Å². The standard InChI is InChI=1S/C16H15F3N2/c17-14-6-3-12(15(18)16(14)19)10-21(13-4-5-13)9-11-2-1-7-20-8-11/h1-3,6-8,13H,4-5,9-10H2. The maximum atomic E-state index is 13.8. The predicted octanol–water partition coefficient (Wildman–Crippen LogP) is 3.66. The van der Waals surface area contributed by atoms with Crippen LogP contribution in [-0.2, 0) is 13.1 Å². The molecule has 0 aliphatic heterocycles. The van der Waals surface area contributed by atoms with Crippen LogP contribution in [0.4, 0.5) is 13.2 Å². The van der Waals surface area contributed by atoms with Crippen molar-refractivity contribution in [1.82, 2.24) is 9.88 Å². The Morgan fingerprint density at radius 1 is 1.05 bits per heavy atom. The summed E-state index contributed by atoms with van der Waals surface area (Å²) in [6, 6.07) is 6.45. The van der Waals surface area contributed by atoms with Crippen molar-refractivity contribution in [2.75, 3.05) is 0 Å². The molecule has 110 valence electrons. The van der Waals surface area contributed by atoms with Gasteiger partial charge in [-0.15, -0.1) is 0 Å². The third-order valence-corrected chi connectivity index (χ3v) is 3.66.